The van der Waals surface area contributed by atoms with Gasteiger partial charge in [-0.05, 0) is 73.9 Å². The highest BCUT2D eigenvalue weighted by Crippen LogP contribution is 2.42. The fourth-order valence-electron chi connectivity index (χ4n) is 7.06. The summed E-state index contributed by atoms with van der Waals surface area (Å²) in [4.78, 5) is 28.3. The third-order valence-corrected chi connectivity index (χ3v) is 11.9. The maximum Gasteiger partial charge on any atom is 0.425 e. The Balaban J connectivity index is 0.00000110. The first-order valence-corrected chi connectivity index (χ1v) is 24.5. The number of hydrogen-bond acceptors (Lipinski definition) is 14. The maximum absolute atomic E-state index is 14.0. The van der Waals surface area contributed by atoms with Gasteiger partial charge in [-0.3, -0.25) is 18.7 Å². The first-order valence-electron chi connectivity index (χ1n) is 19.6. The van der Waals surface area contributed by atoms with Crippen molar-refractivity contribution in [1.29, 1.82) is 0 Å². The van der Waals surface area contributed by atoms with Crippen LogP contribution in [0.3, 0.4) is 0 Å². The molecule has 66 heavy (non-hydrogen) atoms. The number of rotatable bonds is 15. The molecule has 350 valence electrons. The largest absolute Gasteiger partial charge is 0.481 e. The summed E-state index contributed by atoms with van der Waals surface area (Å²) in [5.41, 5.74) is 4.95. The van der Waals surface area contributed by atoms with E-state index in [2.05, 4.69) is 4.58 Å². The maximum atomic E-state index is 14.0. The van der Waals surface area contributed by atoms with Crippen molar-refractivity contribution in [3.8, 4) is 22.5 Å². The summed E-state index contributed by atoms with van der Waals surface area (Å²) in [7, 11) is -13.4. The zero-order valence-corrected chi connectivity index (χ0v) is 38.7. The summed E-state index contributed by atoms with van der Waals surface area (Å²) in [6.45, 7) is 5.82. The summed E-state index contributed by atoms with van der Waals surface area (Å²) in [6.07, 6.45) is 0.225. The summed E-state index contributed by atoms with van der Waals surface area (Å²) < 4.78 is 126. The molecule has 0 fully saturated rings. The van der Waals surface area contributed by atoms with E-state index in [-0.39, 0.29) is 35.2 Å². The van der Waals surface area contributed by atoms with E-state index >= 15 is 0 Å². The molecule has 1 heterocycles. The number of fused-ring (bicyclic) bond motifs is 2. The first-order chi connectivity index (χ1) is 31.0. The monoisotopic (exact) mass is 986 g/mol. The Morgan fingerprint density at radius 3 is 1.95 bits per heavy atom. The second-order valence-corrected chi connectivity index (χ2v) is 17.9. The molecule has 0 spiro atoms. The van der Waals surface area contributed by atoms with Gasteiger partial charge in [0.1, 0.15) is 17.9 Å². The molecule has 0 aromatic heterocycles. The molecule has 1 aliphatic carbocycles. The minimum atomic E-state index is -4.47. The molecule has 0 bridgehead atoms. The SMILES string of the molecule is CCN(Cc1ccccc1S(=O)(=O)O)c1ccc2c(-c3ccccc3C(=O)N(C)CCCC(=O)O)c3ccc(=[N+](CC)Cc4ccc(S(=O)(=O)O)cc4)cc-3oc2c1.O=S(=O)=O.O=S(=O)=O. The third-order valence-electron chi connectivity index (χ3n) is 10.0. The number of nitrogens with zero attached hydrogens (tertiary/aromatic N) is 3. The van der Waals surface area contributed by atoms with Crippen LogP contribution in [0, 0.1) is 0 Å². The van der Waals surface area contributed by atoms with Crippen LogP contribution in [0.1, 0.15) is 48.2 Å². The van der Waals surface area contributed by atoms with E-state index in [0.29, 0.717) is 59.5 Å². The average molecular weight is 987 g/mol. The van der Waals surface area contributed by atoms with Gasteiger partial charge in [-0.15, -0.1) is 25.3 Å². The van der Waals surface area contributed by atoms with Crippen LogP contribution in [0.25, 0.3) is 33.4 Å². The van der Waals surface area contributed by atoms with Crippen molar-refractivity contribution in [1.82, 2.24) is 9.48 Å². The fraction of sp³-hybridized carbons (Fsp3) is 0.233. The molecule has 1 amide bonds. The van der Waals surface area contributed by atoms with E-state index in [0.717, 1.165) is 27.7 Å². The molecule has 0 saturated carbocycles. The van der Waals surface area contributed by atoms with E-state index in [9.17, 15) is 35.5 Å². The zero-order valence-electron chi connectivity index (χ0n) is 35.5. The smallest absolute Gasteiger partial charge is 0.425 e. The summed E-state index contributed by atoms with van der Waals surface area (Å²) in [6, 6.07) is 31.0. The third kappa shape index (κ3) is 14.2. The normalized spacial score (nSPS) is 11.7. The van der Waals surface area contributed by atoms with Gasteiger partial charge in [0.25, 0.3) is 26.1 Å². The van der Waals surface area contributed by atoms with Crippen LogP contribution in [0.4, 0.5) is 5.69 Å². The fourth-order valence-corrected chi connectivity index (χ4v) is 8.26. The van der Waals surface area contributed by atoms with Crippen LogP contribution in [0.2, 0.25) is 0 Å². The minimum absolute atomic E-state index is 0.0692. The van der Waals surface area contributed by atoms with Gasteiger partial charge in [-0.1, -0.05) is 48.5 Å². The molecular weight excluding hydrogens is 943 g/mol. The van der Waals surface area contributed by atoms with Gasteiger partial charge in [0.15, 0.2) is 6.54 Å². The Hall–Kier alpha value is -6.63. The lowest BCUT2D eigenvalue weighted by atomic mass is 9.90. The summed E-state index contributed by atoms with van der Waals surface area (Å²) in [5, 5.41) is 10.7. The van der Waals surface area contributed by atoms with E-state index in [1.165, 1.54) is 23.1 Å². The lowest BCUT2D eigenvalue weighted by molar-refractivity contribution is -0.137. The topological polar surface area (TPSA) is 288 Å². The molecular formula is C43H44N3O16S4+. The van der Waals surface area contributed by atoms with Crippen LogP contribution in [0.15, 0.2) is 123 Å². The van der Waals surface area contributed by atoms with Crippen molar-refractivity contribution in [3.63, 3.8) is 0 Å². The highest BCUT2D eigenvalue weighted by molar-refractivity contribution is 7.86. The van der Waals surface area contributed by atoms with Crippen molar-refractivity contribution in [2.24, 2.45) is 0 Å². The van der Waals surface area contributed by atoms with Crippen LogP contribution in [0.5, 0.6) is 0 Å². The summed E-state index contributed by atoms with van der Waals surface area (Å²) in [5.74, 6) is -0.704. The lowest BCUT2D eigenvalue weighted by Crippen LogP contribution is -2.29. The molecule has 0 saturated heterocycles. The Morgan fingerprint density at radius 2 is 1.36 bits per heavy atom. The van der Waals surface area contributed by atoms with Crippen molar-refractivity contribution >= 4 is 70.0 Å². The Labute approximate surface area is 382 Å². The number of benzene rings is 5. The Morgan fingerprint density at radius 1 is 0.742 bits per heavy atom. The molecule has 2 aliphatic rings. The highest BCUT2D eigenvalue weighted by Gasteiger charge is 2.25. The molecule has 6 rings (SSSR count). The lowest BCUT2D eigenvalue weighted by Gasteiger charge is -2.25. The van der Waals surface area contributed by atoms with E-state index in [1.54, 1.807) is 49.5 Å². The molecule has 0 radical (unpaired) electrons. The van der Waals surface area contributed by atoms with E-state index in [1.807, 2.05) is 67.3 Å². The highest BCUT2D eigenvalue weighted by atomic mass is 32.2. The van der Waals surface area contributed by atoms with Gasteiger partial charge < -0.3 is 19.3 Å². The molecule has 4 aromatic rings. The number of hydrogen-bond donors (Lipinski definition) is 3. The van der Waals surface area contributed by atoms with Crippen molar-refractivity contribution in [2.75, 3.05) is 31.6 Å². The molecule has 4 aromatic carbocycles. The second-order valence-electron chi connectivity index (χ2n) is 14.2. The van der Waals surface area contributed by atoms with Gasteiger partial charge in [0.05, 0.1) is 15.9 Å². The number of amides is 1. The zero-order chi connectivity index (χ0) is 48.9. The average Bonchev–Trinajstić information content (AvgIpc) is 3.25. The number of aliphatic carboxylic acids is 1. The first kappa shape index (κ1) is 52.0. The standard InChI is InChI=1S/C43H43N3O10S2.2O3S/c1-4-45(27-29-16-20-33(21-17-29)57(50,51)52)31-18-22-36-38(25-31)56-39-26-32(46(5-2)28-30-11-6-9-14-40(30)58(53,54)55)19-23-37(39)42(36)34-12-7-8-13-35(34)43(49)44(3)24-10-15-41(47)48;2*1-4(2)3/h6-9,11-14,16-23,25-26H,4-5,10,15,24,27-28H2,1-3H3,(H2-,47,48,50,51,52,53,54,55);;/p+1. The van der Waals surface area contributed by atoms with E-state index in [4.69, 9.17) is 34.8 Å². The van der Waals surface area contributed by atoms with Crippen LogP contribution < -0.4 is 14.8 Å². The van der Waals surface area contributed by atoms with Crippen LogP contribution in [-0.4, -0.2) is 99.8 Å². The minimum Gasteiger partial charge on any atom is -0.481 e. The molecule has 19 nitrogen and oxygen atoms in total. The number of carbonyl (C=O) groups excluding carboxylic acids is 1. The van der Waals surface area contributed by atoms with Gasteiger partial charge in [-0.2, -0.15) is 16.8 Å². The molecule has 23 heteroatoms. The molecule has 3 N–H and O–H groups in total. The Kier molecular flexibility index (Phi) is 18.1. The number of carboxylic acid groups (broad SMARTS) is 1. The molecule has 0 unspecified atom stereocenters. The number of anilines is 1. The second kappa shape index (κ2) is 23.0. The van der Waals surface area contributed by atoms with Gasteiger partial charge in [0.2, 0.25) is 5.36 Å². The number of carbonyl (C=O) groups is 2. The van der Waals surface area contributed by atoms with Gasteiger partial charge in [0, 0.05) is 78.6 Å². The predicted molar refractivity (Wildman–Crippen MR) is 240 cm³/mol. The van der Waals surface area contributed by atoms with Crippen molar-refractivity contribution in [3.05, 3.63) is 131 Å². The van der Waals surface area contributed by atoms with Crippen LogP contribution in [-0.2, 0) is 59.3 Å². The van der Waals surface area contributed by atoms with Crippen molar-refractivity contribution in [2.45, 2.75) is 49.6 Å². The molecule has 1 aliphatic heterocycles. The van der Waals surface area contributed by atoms with E-state index < -0.39 is 47.4 Å². The van der Waals surface area contributed by atoms with Gasteiger partial charge in [-0.25, -0.2) is 4.58 Å². The molecule has 0 atom stereocenters. The van der Waals surface area contributed by atoms with Crippen LogP contribution >= 0.6 is 0 Å². The summed E-state index contributed by atoms with van der Waals surface area (Å²) >= 11 is 0. The van der Waals surface area contributed by atoms with Gasteiger partial charge >= 0.3 is 27.2 Å². The van der Waals surface area contributed by atoms with Crippen molar-refractivity contribution < 1.29 is 70.3 Å². The number of carboxylic acids is 1. The Bertz CT molecular complexity index is 3210. The quantitative estimate of drug-likeness (QED) is 0.0717. The predicted octanol–water partition coefficient (Wildman–Crippen LogP) is 4.65.